The fraction of sp³-hybridized carbons (Fsp3) is 0.429. The van der Waals surface area contributed by atoms with E-state index in [0.29, 0.717) is 12.4 Å². The van der Waals surface area contributed by atoms with Crippen LogP contribution in [0.2, 0.25) is 0 Å². The van der Waals surface area contributed by atoms with Gasteiger partial charge in [-0.3, -0.25) is 9.79 Å². The zero-order valence-corrected chi connectivity index (χ0v) is 10.9. The quantitative estimate of drug-likeness (QED) is 0.478. The van der Waals surface area contributed by atoms with E-state index in [-0.39, 0.29) is 18.4 Å². The Morgan fingerprint density at radius 2 is 2.00 bits per heavy atom. The van der Waals surface area contributed by atoms with Crippen LogP contribution in [-0.2, 0) is 9.53 Å². The summed E-state index contributed by atoms with van der Waals surface area (Å²) in [4.78, 5) is 15.7. The van der Waals surface area contributed by atoms with Gasteiger partial charge in [-0.25, -0.2) is 0 Å². The summed E-state index contributed by atoms with van der Waals surface area (Å²) in [7, 11) is 0. The Hall–Kier alpha value is -1.84. The molecule has 4 heteroatoms. The zero-order valence-electron chi connectivity index (χ0n) is 10.9. The summed E-state index contributed by atoms with van der Waals surface area (Å²) < 4.78 is 4.83. The van der Waals surface area contributed by atoms with Crippen LogP contribution >= 0.6 is 0 Å². The number of rotatable bonds is 6. The Labute approximate surface area is 108 Å². The van der Waals surface area contributed by atoms with E-state index in [1.54, 1.807) is 6.92 Å². The first kappa shape index (κ1) is 14.2. The van der Waals surface area contributed by atoms with Crippen LogP contribution in [0, 0.1) is 0 Å². The number of nitrogens with two attached hydrogens (primary N) is 1. The molecular weight excluding hydrogens is 228 g/mol. The molecule has 1 atom stereocenters. The number of aliphatic imine (C=N–C) groups is 1. The number of carbonyl (C=O) groups excluding carboxylic acids is 1. The fourth-order valence-corrected chi connectivity index (χ4v) is 1.68. The summed E-state index contributed by atoms with van der Waals surface area (Å²) in [5, 5.41) is 0. The molecule has 0 spiro atoms. The van der Waals surface area contributed by atoms with Crippen molar-refractivity contribution < 1.29 is 9.53 Å². The molecule has 0 saturated carbocycles. The molecule has 1 aromatic rings. The molecule has 0 amide bonds. The number of hydrogen-bond donors (Lipinski definition) is 1. The van der Waals surface area contributed by atoms with E-state index in [0.717, 1.165) is 12.0 Å². The SMILES string of the molecule is CCOC(=O)CC(N)=N[C@@H](CC)c1ccccc1. The van der Waals surface area contributed by atoms with Crippen LogP contribution in [0.1, 0.15) is 38.3 Å². The molecule has 2 N–H and O–H groups in total. The van der Waals surface area contributed by atoms with Crippen LogP contribution in [0.4, 0.5) is 0 Å². The molecule has 4 nitrogen and oxygen atoms in total. The topological polar surface area (TPSA) is 64.7 Å². The smallest absolute Gasteiger partial charge is 0.313 e. The van der Waals surface area contributed by atoms with Crippen LogP contribution in [0.5, 0.6) is 0 Å². The highest BCUT2D eigenvalue weighted by Gasteiger charge is 2.10. The van der Waals surface area contributed by atoms with E-state index < -0.39 is 0 Å². The first-order valence-electron chi connectivity index (χ1n) is 6.20. The molecule has 0 radical (unpaired) electrons. The van der Waals surface area contributed by atoms with Gasteiger partial charge in [0.2, 0.25) is 0 Å². The average Bonchev–Trinajstić information content (AvgIpc) is 2.37. The molecule has 0 unspecified atom stereocenters. The molecule has 0 aliphatic carbocycles. The van der Waals surface area contributed by atoms with Gasteiger partial charge in [0.15, 0.2) is 0 Å². The standard InChI is InChI=1S/C14H20N2O2/c1-3-12(11-8-6-5-7-9-11)16-13(15)10-14(17)18-4-2/h5-9,12H,3-4,10H2,1-2H3,(H2,15,16)/t12-/m0/s1. The highest BCUT2D eigenvalue weighted by Crippen LogP contribution is 2.20. The van der Waals surface area contributed by atoms with E-state index in [1.165, 1.54) is 0 Å². The van der Waals surface area contributed by atoms with E-state index in [1.807, 2.05) is 37.3 Å². The summed E-state index contributed by atoms with van der Waals surface area (Å²) >= 11 is 0. The van der Waals surface area contributed by atoms with Crippen molar-refractivity contribution in [2.45, 2.75) is 32.7 Å². The van der Waals surface area contributed by atoms with Crippen molar-refractivity contribution in [3.05, 3.63) is 35.9 Å². The van der Waals surface area contributed by atoms with Gasteiger partial charge in [-0.15, -0.1) is 0 Å². The molecule has 1 aromatic carbocycles. The van der Waals surface area contributed by atoms with Gasteiger partial charge in [0.05, 0.1) is 12.6 Å². The molecule has 0 fully saturated rings. The third kappa shape index (κ3) is 4.57. The van der Waals surface area contributed by atoms with E-state index in [9.17, 15) is 4.79 Å². The normalized spacial score (nSPS) is 13.1. The number of amidine groups is 1. The summed E-state index contributed by atoms with van der Waals surface area (Å²) in [5.41, 5.74) is 6.87. The predicted octanol–water partition coefficient (Wildman–Crippen LogP) is 2.45. The maximum Gasteiger partial charge on any atom is 0.313 e. The third-order valence-electron chi connectivity index (χ3n) is 2.52. The third-order valence-corrected chi connectivity index (χ3v) is 2.52. The Bertz CT molecular complexity index is 402. The van der Waals surface area contributed by atoms with Crippen LogP contribution in [-0.4, -0.2) is 18.4 Å². The van der Waals surface area contributed by atoms with E-state index in [4.69, 9.17) is 10.5 Å². The second-order valence-corrected chi connectivity index (χ2v) is 3.94. The Morgan fingerprint density at radius 1 is 1.33 bits per heavy atom. The predicted molar refractivity (Wildman–Crippen MR) is 72.3 cm³/mol. The molecule has 0 aromatic heterocycles. The summed E-state index contributed by atoms with van der Waals surface area (Å²) in [5.74, 6) is -0.00850. The average molecular weight is 248 g/mol. The van der Waals surface area contributed by atoms with Crippen LogP contribution in [0.25, 0.3) is 0 Å². The summed E-state index contributed by atoms with van der Waals surface area (Å²) in [6.07, 6.45) is 0.894. The lowest BCUT2D eigenvalue weighted by atomic mass is 10.1. The highest BCUT2D eigenvalue weighted by atomic mass is 16.5. The van der Waals surface area contributed by atoms with Crippen molar-refractivity contribution in [1.82, 2.24) is 0 Å². The van der Waals surface area contributed by atoms with Crippen molar-refractivity contribution in [3.8, 4) is 0 Å². The van der Waals surface area contributed by atoms with Gasteiger partial charge < -0.3 is 10.5 Å². The van der Waals surface area contributed by atoms with Gasteiger partial charge in [0.25, 0.3) is 0 Å². The van der Waals surface area contributed by atoms with Crippen molar-refractivity contribution in [2.24, 2.45) is 10.7 Å². The Balaban J connectivity index is 2.69. The van der Waals surface area contributed by atoms with Gasteiger partial charge in [0, 0.05) is 0 Å². The van der Waals surface area contributed by atoms with Gasteiger partial charge >= 0.3 is 5.97 Å². The van der Waals surface area contributed by atoms with Gasteiger partial charge in [-0.05, 0) is 18.9 Å². The molecule has 0 saturated heterocycles. The Morgan fingerprint density at radius 3 is 2.56 bits per heavy atom. The summed E-state index contributed by atoms with van der Waals surface area (Å²) in [6.45, 7) is 4.17. The van der Waals surface area contributed by atoms with Crippen LogP contribution in [0.15, 0.2) is 35.3 Å². The van der Waals surface area contributed by atoms with Crippen molar-refractivity contribution >= 4 is 11.8 Å². The molecular formula is C14H20N2O2. The molecule has 0 aliphatic rings. The largest absolute Gasteiger partial charge is 0.466 e. The molecule has 0 aliphatic heterocycles. The maximum absolute atomic E-state index is 11.3. The monoisotopic (exact) mass is 248 g/mol. The van der Waals surface area contributed by atoms with Crippen molar-refractivity contribution in [2.75, 3.05) is 6.61 Å². The molecule has 18 heavy (non-hydrogen) atoms. The first-order valence-corrected chi connectivity index (χ1v) is 6.20. The molecule has 0 bridgehead atoms. The first-order chi connectivity index (χ1) is 8.67. The maximum atomic E-state index is 11.3. The van der Waals surface area contributed by atoms with Crippen molar-refractivity contribution in [3.63, 3.8) is 0 Å². The number of esters is 1. The minimum Gasteiger partial charge on any atom is -0.466 e. The number of benzene rings is 1. The van der Waals surface area contributed by atoms with E-state index in [2.05, 4.69) is 4.99 Å². The van der Waals surface area contributed by atoms with Crippen LogP contribution < -0.4 is 5.73 Å². The zero-order chi connectivity index (χ0) is 13.4. The number of nitrogens with zero attached hydrogens (tertiary/aromatic N) is 1. The molecule has 98 valence electrons. The van der Waals surface area contributed by atoms with Gasteiger partial charge in [0.1, 0.15) is 12.3 Å². The number of carbonyl (C=O) groups is 1. The van der Waals surface area contributed by atoms with Gasteiger partial charge in [-0.2, -0.15) is 0 Å². The lowest BCUT2D eigenvalue weighted by Gasteiger charge is -2.11. The van der Waals surface area contributed by atoms with Gasteiger partial charge in [-0.1, -0.05) is 37.3 Å². The Kier molecular flexibility index (Phi) is 5.91. The fourth-order valence-electron chi connectivity index (χ4n) is 1.68. The number of ether oxygens (including phenoxy) is 1. The lowest BCUT2D eigenvalue weighted by molar-refractivity contribution is -0.141. The highest BCUT2D eigenvalue weighted by molar-refractivity contribution is 5.96. The molecule has 1 rings (SSSR count). The second kappa shape index (κ2) is 7.48. The minimum absolute atomic E-state index is 0.000580. The van der Waals surface area contributed by atoms with E-state index >= 15 is 0 Å². The minimum atomic E-state index is -0.332. The van der Waals surface area contributed by atoms with Crippen LogP contribution in [0.3, 0.4) is 0 Å². The summed E-state index contributed by atoms with van der Waals surface area (Å²) in [6, 6.07) is 9.91. The second-order valence-electron chi connectivity index (χ2n) is 3.94. The lowest BCUT2D eigenvalue weighted by Crippen LogP contribution is -2.20. The number of hydrogen-bond acceptors (Lipinski definition) is 3. The van der Waals surface area contributed by atoms with Crippen molar-refractivity contribution in [1.29, 1.82) is 0 Å². The molecule has 0 heterocycles.